The van der Waals surface area contributed by atoms with Crippen molar-refractivity contribution in [1.82, 2.24) is 9.97 Å². The molecule has 5 nitrogen and oxygen atoms in total. The van der Waals surface area contributed by atoms with Crippen LogP contribution in [-0.4, -0.2) is 17.1 Å². The molecule has 0 unspecified atom stereocenters. The topological polar surface area (TPSA) is 56.3 Å². The third kappa shape index (κ3) is 2.38. The summed E-state index contributed by atoms with van der Waals surface area (Å²) in [5, 5.41) is 0. The van der Waals surface area contributed by atoms with Gasteiger partial charge in [0.15, 0.2) is 17.3 Å². The molecule has 0 bridgehead atoms. The van der Waals surface area contributed by atoms with Crippen molar-refractivity contribution in [2.24, 2.45) is 0 Å². The molecule has 0 atom stereocenters. The predicted octanol–water partition coefficient (Wildman–Crippen LogP) is 1.89. The molecule has 82 valence electrons. The first-order chi connectivity index (χ1) is 7.90. The minimum atomic E-state index is 0.584. The third-order valence-electron chi connectivity index (χ3n) is 1.92. The molecule has 1 aromatic heterocycles. The quantitative estimate of drug-likeness (QED) is 0.792. The van der Waals surface area contributed by atoms with Crippen LogP contribution in [-0.2, 0) is 0 Å². The maximum Gasteiger partial charge on any atom is 0.196 e. The lowest BCUT2D eigenvalue weighted by atomic mass is 10.3. The third-order valence-corrected chi connectivity index (χ3v) is 1.92. The van der Waals surface area contributed by atoms with E-state index in [1.807, 2.05) is 18.2 Å². The molecular formula is C11H11N3O2. The Balaban J connectivity index is 2.05. The molecule has 0 radical (unpaired) electrons. The average molecular weight is 217 g/mol. The van der Waals surface area contributed by atoms with Crippen LogP contribution in [0.3, 0.4) is 0 Å². The fraction of sp³-hybridized carbons (Fsp3) is 0.0909. The Bertz CT molecular complexity index is 448. The normalized spacial score (nSPS) is 9.56. The first kappa shape index (κ1) is 10.2. The highest BCUT2D eigenvalue weighted by molar-refractivity contribution is 5.41. The number of hydrogen-bond acceptors (Lipinski definition) is 5. The molecule has 0 aliphatic carbocycles. The highest BCUT2D eigenvalue weighted by atomic mass is 16.7. The highest BCUT2D eigenvalue weighted by Gasteiger charge is 2.02. The fourth-order valence-electron chi connectivity index (χ4n) is 1.16. The van der Waals surface area contributed by atoms with E-state index in [2.05, 4.69) is 15.4 Å². The van der Waals surface area contributed by atoms with E-state index in [0.717, 1.165) is 0 Å². The van der Waals surface area contributed by atoms with Crippen LogP contribution in [0.15, 0.2) is 42.9 Å². The summed E-state index contributed by atoms with van der Waals surface area (Å²) in [6, 6.07) is 9.05. The van der Waals surface area contributed by atoms with Gasteiger partial charge in [-0.1, -0.05) is 12.1 Å². The summed E-state index contributed by atoms with van der Waals surface area (Å²) in [4.78, 5) is 13.1. The molecule has 0 aliphatic heterocycles. The average Bonchev–Trinajstić information content (AvgIpc) is 2.38. The van der Waals surface area contributed by atoms with Crippen LogP contribution in [0.2, 0.25) is 0 Å². The summed E-state index contributed by atoms with van der Waals surface area (Å²) in [6.07, 6.45) is 3.06. The molecule has 0 aliphatic rings. The Morgan fingerprint density at radius 2 is 1.94 bits per heavy atom. The van der Waals surface area contributed by atoms with E-state index in [4.69, 9.17) is 9.57 Å². The number of aromatic nitrogens is 2. The zero-order chi connectivity index (χ0) is 11.2. The van der Waals surface area contributed by atoms with Crippen molar-refractivity contribution < 1.29 is 9.57 Å². The molecule has 5 heteroatoms. The minimum absolute atomic E-state index is 0.584. The summed E-state index contributed by atoms with van der Waals surface area (Å²) in [5.41, 5.74) is 2.70. The van der Waals surface area contributed by atoms with Crippen LogP contribution in [0, 0.1) is 0 Å². The number of rotatable bonds is 4. The molecule has 1 N–H and O–H groups in total. The molecule has 1 aromatic carbocycles. The van der Waals surface area contributed by atoms with Gasteiger partial charge < -0.3 is 9.57 Å². The van der Waals surface area contributed by atoms with Gasteiger partial charge in [0.25, 0.3) is 0 Å². The molecule has 0 saturated carbocycles. The Kier molecular flexibility index (Phi) is 3.18. The second kappa shape index (κ2) is 4.97. The second-order valence-electron chi connectivity index (χ2n) is 2.95. The number of anilines is 1. The van der Waals surface area contributed by atoms with Crippen molar-refractivity contribution in [2.45, 2.75) is 0 Å². The van der Waals surface area contributed by atoms with E-state index < -0.39 is 0 Å². The maximum atomic E-state index is 5.35. The van der Waals surface area contributed by atoms with Gasteiger partial charge >= 0.3 is 0 Å². The van der Waals surface area contributed by atoms with Gasteiger partial charge in [0, 0.05) is 12.3 Å². The number of para-hydroxylation sites is 2. The molecule has 2 aromatic rings. The van der Waals surface area contributed by atoms with E-state index in [9.17, 15) is 0 Å². The standard InChI is InChI=1S/C11H11N3O2/c1-15-9-4-2-3-5-10(9)16-14-11-6-7-12-8-13-11/h2-8H,1H3,(H,12,13,14). The van der Waals surface area contributed by atoms with Crippen molar-refractivity contribution in [3.8, 4) is 11.5 Å². The summed E-state index contributed by atoms with van der Waals surface area (Å²) < 4.78 is 5.14. The van der Waals surface area contributed by atoms with E-state index in [0.29, 0.717) is 17.3 Å². The van der Waals surface area contributed by atoms with Crippen LogP contribution in [0.4, 0.5) is 5.82 Å². The van der Waals surface area contributed by atoms with Crippen molar-refractivity contribution in [1.29, 1.82) is 0 Å². The fourth-order valence-corrected chi connectivity index (χ4v) is 1.16. The van der Waals surface area contributed by atoms with Crippen LogP contribution in [0.25, 0.3) is 0 Å². The number of hydrogen-bond donors (Lipinski definition) is 1. The van der Waals surface area contributed by atoms with E-state index in [1.165, 1.54) is 6.33 Å². The largest absolute Gasteiger partial charge is 0.493 e. The van der Waals surface area contributed by atoms with E-state index in [1.54, 1.807) is 25.4 Å². The van der Waals surface area contributed by atoms with Crippen molar-refractivity contribution in [2.75, 3.05) is 12.6 Å². The SMILES string of the molecule is COc1ccccc1ONc1ccncn1. The molecule has 16 heavy (non-hydrogen) atoms. The van der Waals surface area contributed by atoms with Gasteiger partial charge in [0.1, 0.15) is 6.33 Å². The molecule has 2 rings (SSSR count). The molecule has 0 saturated heterocycles. The Morgan fingerprint density at radius 3 is 2.62 bits per heavy atom. The van der Waals surface area contributed by atoms with Gasteiger partial charge in [-0.15, -0.1) is 0 Å². The van der Waals surface area contributed by atoms with Gasteiger partial charge in [0.05, 0.1) is 7.11 Å². The van der Waals surface area contributed by atoms with Gasteiger partial charge in [-0.05, 0) is 12.1 Å². The summed E-state index contributed by atoms with van der Waals surface area (Å²) in [6.45, 7) is 0. The van der Waals surface area contributed by atoms with E-state index >= 15 is 0 Å². The predicted molar refractivity (Wildman–Crippen MR) is 59.3 cm³/mol. The lowest BCUT2D eigenvalue weighted by Gasteiger charge is -2.09. The molecule has 0 spiro atoms. The van der Waals surface area contributed by atoms with Gasteiger partial charge in [0.2, 0.25) is 0 Å². The summed E-state index contributed by atoms with van der Waals surface area (Å²) in [7, 11) is 1.59. The first-order valence-corrected chi connectivity index (χ1v) is 4.72. The zero-order valence-corrected chi connectivity index (χ0v) is 8.75. The van der Waals surface area contributed by atoms with Gasteiger partial charge in [-0.2, -0.15) is 0 Å². The number of nitrogens with zero attached hydrogens (tertiary/aromatic N) is 2. The molecule has 0 fully saturated rings. The Hall–Kier alpha value is -2.30. The van der Waals surface area contributed by atoms with Crippen molar-refractivity contribution >= 4 is 5.82 Å². The molecular weight excluding hydrogens is 206 g/mol. The monoisotopic (exact) mass is 217 g/mol. The maximum absolute atomic E-state index is 5.35. The zero-order valence-electron chi connectivity index (χ0n) is 8.75. The number of ether oxygens (including phenoxy) is 1. The lowest BCUT2D eigenvalue weighted by Crippen LogP contribution is -2.07. The minimum Gasteiger partial charge on any atom is -0.493 e. The Labute approximate surface area is 93.0 Å². The lowest BCUT2D eigenvalue weighted by molar-refractivity contribution is 0.349. The summed E-state index contributed by atoms with van der Waals surface area (Å²) in [5.74, 6) is 1.84. The van der Waals surface area contributed by atoms with Crippen molar-refractivity contribution in [3.05, 3.63) is 42.9 Å². The Morgan fingerprint density at radius 1 is 1.12 bits per heavy atom. The van der Waals surface area contributed by atoms with Crippen LogP contribution in [0.5, 0.6) is 11.5 Å². The van der Waals surface area contributed by atoms with Gasteiger partial charge in [-0.25, -0.2) is 15.4 Å². The summed E-state index contributed by atoms with van der Waals surface area (Å²) >= 11 is 0. The van der Waals surface area contributed by atoms with Crippen LogP contribution < -0.4 is 15.1 Å². The van der Waals surface area contributed by atoms with Crippen molar-refractivity contribution in [3.63, 3.8) is 0 Å². The molecule has 0 amide bonds. The smallest absolute Gasteiger partial charge is 0.196 e. The number of methoxy groups -OCH3 is 1. The second-order valence-corrected chi connectivity index (χ2v) is 2.95. The van der Waals surface area contributed by atoms with E-state index in [-0.39, 0.29) is 0 Å². The van der Waals surface area contributed by atoms with Gasteiger partial charge in [-0.3, -0.25) is 0 Å². The highest BCUT2D eigenvalue weighted by Crippen LogP contribution is 2.25. The first-order valence-electron chi connectivity index (χ1n) is 4.72. The molecule has 1 heterocycles. The van der Waals surface area contributed by atoms with Crippen LogP contribution >= 0.6 is 0 Å². The number of benzene rings is 1. The van der Waals surface area contributed by atoms with Crippen LogP contribution in [0.1, 0.15) is 0 Å². The number of nitrogens with one attached hydrogen (secondary N) is 1.